The van der Waals surface area contributed by atoms with Gasteiger partial charge in [0.2, 0.25) is 0 Å². The summed E-state index contributed by atoms with van der Waals surface area (Å²) in [6, 6.07) is 0. The molecule has 0 aliphatic heterocycles. The molecule has 0 saturated heterocycles. The minimum absolute atomic E-state index is 0.109. The summed E-state index contributed by atoms with van der Waals surface area (Å²) in [5, 5.41) is 0. The maximum Gasteiger partial charge on any atom is 0.0506 e. The zero-order chi connectivity index (χ0) is 8.32. The fraction of sp³-hybridized carbons (Fsp3) is 1.00. The Morgan fingerprint density at radius 2 is 1.73 bits per heavy atom. The highest BCUT2D eigenvalue weighted by Crippen LogP contribution is 2.31. The molecule has 0 heterocycles. The first-order valence-electron chi connectivity index (χ1n) is 4.49. The lowest BCUT2D eigenvalue weighted by atomic mass is 9.81. The van der Waals surface area contributed by atoms with Crippen molar-refractivity contribution in [3.05, 3.63) is 0 Å². The third-order valence-electron chi connectivity index (χ3n) is 3.03. The average Bonchev–Trinajstić information content (AvgIpc) is 2.05. The van der Waals surface area contributed by atoms with Gasteiger partial charge >= 0.3 is 0 Å². The van der Waals surface area contributed by atoms with Crippen molar-refractivity contribution in [3.8, 4) is 0 Å². The molecule has 0 spiro atoms. The fourth-order valence-electron chi connectivity index (χ4n) is 1.96. The monoisotopic (exact) mass is 154 g/mol. The lowest BCUT2D eigenvalue weighted by Crippen LogP contribution is -2.49. The minimum atomic E-state index is 0.109. The first-order valence-corrected chi connectivity index (χ1v) is 4.49. The standard InChI is InChI=1S/C9H18N2/c1-11(2)9(8-10)6-4-3-5-7-9/h3-8H2,1-2H3. The Labute approximate surface area is 69.8 Å². The summed E-state index contributed by atoms with van der Waals surface area (Å²) in [4.78, 5) is 2.19. The number of likely N-dealkylation sites (N-methyl/N-ethyl adjacent to an activating group) is 1. The van der Waals surface area contributed by atoms with Crippen LogP contribution in [0.3, 0.4) is 0 Å². The van der Waals surface area contributed by atoms with E-state index >= 15 is 0 Å². The van der Waals surface area contributed by atoms with Crippen molar-refractivity contribution in [1.29, 1.82) is 0 Å². The second-order valence-electron chi connectivity index (χ2n) is 3.84. The highest BCUT2D eigenvalue weighted by atomic mass is 15.2. The van der Waals surface area contributed by atoms with Crippen LogP contribution >= 0.6 is 0 Å². The first-order chi connectivity index (χ1) is 5.21. The van der Waals surface area contributed by atoms with Gasteiger partial charge in [-0.2, -0.15) is 0 Å². The first kappa shape index (κ1) is 9.01. The molecule has 0 aromatic carbocycles. The van der Waals surface area contributed by atoms with Crippen LogP contribution in [-0.2, 0) is 0 Å². The zero-order valence-electron chi connectivity index (χ0n) is 7.64. The van der Waals surface area contributed by atoms with Gasteiger partial charge in [0, 0.05) is 5.54 Å². The Hall–Kier alpha value is -0.0800. The molecule has 1 saturated carbocycles. The van der Waals surface area contributed by atoms with Crippen molar-refractivity contribution in [2.75, 3.05) is 20.6 Å². The molecule has 2 heteroatoms. The van der Waals surface area contributed by atoms with Crippen LogP contribution < -0.4 is 5.73 Å². The molecule has 0 unspecified atom stereocenters. The molecule has 11 heavy (non-hydrogen) atoms. The molecule has 0 amide bonds. The van der Waals surface area contributed by atoms with Gasteiger partial charge in [-0.15, -0.1) is 5.73 Å². The van der Waals surface area contributed by atoms with E-state index in [0.717, 1.165) is 12.8 Å². The molecule has 0 atom stereocenters. The van der Waals surface area contributed by atoms with Crippen LogP contribution in [0.5, 0.6) is 0 Å². The van der Waals surface area contributed by atoms with Crippen molar-refractivity contribution in [1.82, 2.24) is 10.6 Å². The lowest BCUT2D eigenvalue weighted by Gasteiger charge is -2.41. The van der Waals surface area contributed by atoms with E-state index in [1.165, 1.54) is 19.3 Å². The van der Waals surface area contributed by atoms with Gasteiger partial charge in [0.25, 0.3) is 0 Å². The fourth-order valence-corrected chi connectivity index (χ4v) is 1.96. The Balaban J connectivity index is 2.57. The SMILES string of the molecule is CN(C)C1(C[N])CCCCC1. The summed E-state index contributed by atoms with van der Waals surface area (Å²) >= 11 is 0. The molecule has 0 aromatic rings. The molecule has 2 radical (unpaired) electrons. The summed E-state index contributed by atoms with van der Waals surface area (Å²) in [6.45, 7) is 0.319. The molecule has 2 nitrogen and oxygen atoms in total. The van der Waals surface area contributed by atoms with Gasteiger partial charge in [0.15, 0.2) is 0 Å². The van der Waals surface area contributed by atoms with Crippen molar-refractivity contribution in [2.45, 2.75) is 37.6 Å². The van der Waals surface area contributed by atoms with E-state index in [0.29, 0.717) is 6.54 Å². The molecule has 64 valence electrons. The number of hydrogen-bond donors (Lipinski definition) is 0. The van der Waals surface area contributed by atoms with Gasteiger partial charge in [0.1, 0.15) is 0 Å². The van der Waals surface area contributed by atoms with Crippen LogP contribution in [0.1, 0.15) is 32.1 Å². The molecule has 1 aliphatic rings. The van der Waals surface area contributed by atoms with Crippen LogP contribution in [0.15, 0.2) is 0 Å². The summed E-state index contributed by atoms with van der Waals surface area (Å²) in [7, 11) is 4.14. The summed E-state index contributed by atoms with van der Waals surface area (Å²) < 4.78 is 0. The third kappa shape index (κ3) is 1.74. The van der Waals surface area contributed by atoms with Crippen LogP contribution in [0.4, 0.5) is 0 Å². The van der Waals surface area contributed by atoms with E-state index in [-0.39, 0.29) is 5.54 Å². The maximum atomic E-state index is 9.27. The van der Waals surface area contributed by atoms with E-state index in [1.807, 2.05) is 0 Å². The molecular formula is C9H18N2. The number of hydrogen-bond acceptors (Lipinski definition) is 1. The smallest absolute Gasteiger partial charge is 0.0506 e. The van der Waals surface area contributed by atoms with Gasteiger partial charge in [-0.3, -0.25) is 0 Å². The molecular weight excluding hydrogens is 136 g/mol. The Morgan fingerprint density at radius 1 is 1.18 bits per heavy atom. The maximum absolute atomic E-state index is 9.27. The molecule has 1 fully saturated rings. The second-order valence-corrected chi connectivity index (χ2v) is 3.84. The second kappa shape index (κ2) is 3.55. The van der Waals surface area contributed by atoms with Gasteiger partial charge in [-0.1, -0.05) is 19.3 Å². The highest BCUT2D eigenvalue weighted by molar-refractivity contribution is 4.91. The Kier molecular flexibility index (Phi) is 2.90. The average molecular weight is 154 g/mol. The highest BCUT2D eigenvalue weighted by Gasteiger charge is 2.32. The van der Waals surface area contributed by atoms with Gasteiger partial charge in [-0.05, 0) is 26.9 Å². The zero-order valence-corrected chi connectivity index (χ0v) is 7.64. The predicted molar refractivity (Wildman–Crippen MR) is 46.5 cm³/mol. The van der Waals surface area contributed by atoms with Crippen molar-refractivity contribution >= 4 is 0 Å². The van der Waals surface area contributed by atoms with E-state index in [9.17, 15) is 5.73 Å². The van der Waals surface area contributed by atoms with E-state index in [1.54, 1.807) is 0 Å². The molecule has 1 rings (SSSR count). The molecule has 1 aliphatic carbocycles. The Bertz CT molecular complexity index is 115. The third-order valence-corrected chi connectivity index (χ3v) is 3.03. The normalized spacial score (nSPS) is 24.0. The molecule has 0 bridgehead atoms. The number of rotatable bonds is 2. The van der Waals surface area contributed by atoms with E-state index in [2.05, 4.69) is 19.0 Å². The van der Waals surface area contributed by atoms with Crippen LogP contribution in [0.2, 0.25) is 0 Å². The lowest BCUT2D eigenvalue weighted by molar-refractivity contribution is 0.107. The Morgan fingerprint density at radius 3 is 2.00 bits per heavy atom. The van der Waals surface area contributed by atoms with Crippen molar-refractivity contribution in [3.63, 3.8) is 0 Å². The predicted octanol–water partition coefficient (Wildman–Crippen LogP) is 1.32. The van der Waals surface area contributed by atoms with E-state index < -0.39 is 0 Å². The van der Waals surface area contributed by atoms with Crippen molar-refractivity contribution < 1.29 is 0 Å². The molecule has 0 N–H and O–H groups in total. The molecule has 0 aromatic heterocycles. The summed E-state index contributed by atoms with van der Waals surface area (Å²) in [5.74, 6) is 0. The van der Waals surface area contributed by atoms with Crippen LogP contribution in [0.25, 0.3) is 0 Å². The largest absolute Gasteiger partial charge is 0.302 e. The van der Waals surface area contributed by atoms with Crippen molar-refractivity contribution in [2.24, 2.45) is 0 Å². The van der Waals surface area contributed by atoms with Crippen LogP contribution in [0, 0.1) is 0 Å². The van der Waals surface area contributed by atoms with E-state index in [4.69, 9.17) is 0 Å². The van der Waals surface area contributed by atoms with Crippen LogP contribution in [-0.4, -0.2) is 31.1 Å². The van der Waals surface area contributed by atoms with Gasteiger partial charge in [0.05, 0.1) is 6.54 Å². The topological polar surface area (TPSA) is 25.5 Å². The van der Waals surface area contributed by atoms with Gasteiger partial charge < -0.3 is 4.90 Å². The minimum Gasteiger partial charge on any atom is -0.302 e. The summed E-state index contributed by atoms with van der Waals surface area (Å²) in [6.07, 6.45) is 6.22. The number of nitrogens with zero attached hydrogens (tertiary/aromatic N) is 2. The summed E-state index contributed by atoms with van der Waals surface area (Å²) in [5.41, 5.74) is 9.38. The quantitative estimate of drug-likeness (QED) is 0.589. The van der Waals surface area contributed by atoms with Gasteiger partial charge in [-0.25, -0.2) is 0 Å².